The van der Waals surface area contributed by atoms with E-state index < -0.39 is 42.5 Å². The van der Waals surface area contributed by atoms with Crippen molar-refractivity contribution in [2.24, 2.45) is 0 Å². The molecule has 0 aliphatic rings. The summed E-state index contributed by atoms with van der Waals surface area (Å²) in [4.78, 5) is 22.8. The van der Waals surface area contributed by atoms with E-state index in [1.807, 2.05) is 5.32 Å². The van der Waals surface area contributed by atoms with Crippen LogP contribution in [0.4, 0.5) is 22.0 Å². The molecule has 1 aromatic heterocycles. The Bertz CT molecular complexity index is 804. The smallest absolute Gasteiger partial charge is 0.416 e. The number of amides is 1. The predicted molar refractivity (Wildman–Crippen MR) is 78.1 cm³/mol. The third-order valence-corrected chi connectivity index (χ3v) is 3.28. The van der Waals surface area contributed by atoms with Crippen LogP contribution in [0.2, 0.25) is 0 Å². The van der Waals surface area contributed by atoms with Crippen molar-refractivity contribution in [2.45, 2.75) is 25.1 Å². The van der Waals surface area contributed by atoms with Crippen LogP contribution < -0.4 is 5.32 Å². The van der Waals surface area contributed by atoms with E-state index in [4.69, 9.17) is 5.11 Å². The van der Waals surface area contributed by atoms with Crippen molar-refractivity contribution >= 4 is 11.9 Å². The Morgan fingerprint density at radius 1 is 1.23 bits per heavy atom. The summed E-state index contributed by atoms with van der Waals surface area (Å²) in [6, 6.07) is 3.45. The fourth-order valence-corrected chi connectivity index (χ4v) is 2.05. The van der Waals surface area contributed by atoms with Gasteiger partial charge < -0.3 is 10.4 Å². The molecule has 140 valence electrons. The molecule has 0 bridgehead atoms. The maximum absolute atomic E-state index is 12.7. The number of aliphatic carboxylic acids is 1. The number of carboxylic acids is 1. The summed E-state index contributed by atoms with van der Waals surface area (Å²) in [6.07, 6.45) is -7.41. The maximum atomic E-state index is 12.7. The zero-order valence-electron chi connectivity index (χ0n) is 12.9. The average molecular weight is 377 g/mol. The normalized spacial score (nSPS) is 12.8. The predicted octanol–water partition coefficient (Wildman–Crippen LogP) is 2.73. The maximum Gasteiger partial charge on any atom is 0.416 e. The van der Waals surface area contributed by atoms with Gasteiger partial charge in [0.1, 0.15) is 6.04 Å². The van der Waals surface area contributed by atoms with Crippen LogP contribution in [0.3, 0.4) is 0 Å². The zero-order valence-corrected chi connectivity index (χ0v) is 12.9. The number of hydrogen-bond donors (Lipinski definition) is 2. The van der Waals surface area contributed by atoms with Crippen LogP contribution in [0.5, 0.6) is 0 Å². The van der Waals surface area contributed by atoms with E-state index in [0.717, 1.165) is 28.9 Å². The van der Waals surface area contributed by atoms with E-state index in [1.165, 1.54) is 12.3 Å². The van der Waals surface area contributed by atoms with Crippen molar-refractivity contribution in [3.05, 3.63) is 47.8 Å². The molecule has 1 amide bonds. The molecular formula is C15H12F5N3O3. The molecule has 2 aromatic rings. The zero-order chi connectivity index (χ0) is 19.5. The third kappa shape index (κ3) is 4.77. The highest BCUT2D eigenvalue weighted by Crippen LogP contribution is 2.30. The van der Waals surface area contributed by atoms with Crippen molar-refractivity contribution < 1.29 is 36.6 Å². The van der Waals surface area contributed by atoms with Crippen LogP contribution >= 0.6 is 0 Å². The molecule has 1 unspecified atom stereocenters. The first-order valence-corrected chi connectivity index (χ1v) is 7.13. The van der Waals surface area contributed by atoms with Crippen molar-refractivity contribution in [1.29, 1.82) is 0 Å². The second-order valence-corrected chi connectivity index (χ2v) is 5.18. The quantitative estimate of drug-likeness (QED) is 0.759. The second kappa shape index (κ2) is 7.50. The fraction of sp³-hybridized carbons (Fsp3) is 0.267. The molecule has 1 heterocycles. The Morgan fingerprint density at radius 2 is 1.92 bits per heavy atom. The third-order valence-electron chi connectivity index (χ3n) is 3.28. The van der Waals surface area contributed by atoms with Gasteiger partial charge in [0.2, 0.25) is 6.43 Å². The van der Waals surface area contributed by atoms with Crippen LogP contribution in [0.1, 0.15) is 22.5 Å². The molecule has 0 saturated carbocycles. The topological polar surface area (TPSA) is 84.2 Å². The van der Waals surface area contributed by atoms with Crippen LogP contribution in [0.15, 0.2) is 36.5 Å². The monoisotopic (exact) mass is 377 g/mol. The minimum atomic E-state index is -4.56. The molecule has 2 N–H and O–H groups in total. The summed E-state index contributed by atoms with van der Waals surface area (Å²) in [5.41, 5.74) is -1.23. The molecule has 0 aliphatic carbocycles. The van der Waals surface area contributed by atoms with Gasteiger partial charge >= 0.3 is 12.1 Å². The minimum Gasteiger partial charge on any atom is -0.480 e. The van der Waals surface area contributed by atoms with Crippen molar-refractivity contribution in [3.8, 4) is 5.69 Å². The first-order valence-electron chi connectivity index (χ1n) is 7.13. The molecule has 0 radical (unpaired) electrons. The lowest BCUT2D eigenvalue weighted by atomic mass is 10.2. The van der Waals surface area contributed by atoms with E-state index in [2.05, 4.69) is 5.10 Å². The van der Waals surface area contributed by atoms with Gasteiger partial charge in [-0.25, -0.2) is 18.3 Å². The highest BCUT2D eigenvalue weighted by Gasteiger charge is 2.30. The summed E-state index contributed by atoms with van der Waals surface area (Å²) in [5.74, 6) is -2.68. The highest BCUT2D eigenvalue weighted by atomic mass is 19.4. The van der Waals surface area contributed by atoms with Crippen LogP contribution in [0.25, 0.3) is 5.69 Å². The number of benzene rings is 1. The van der Waals surface area contributed by atoms with Gasteiger partial charge in [-0.1, -0.05) is 6.07 Å². The number of nitrogens with one attached hydrogen (secondary N) is 1. The Hall–Kier alpha value is -2.98. The number of hydrogen-bond acceptors (Lipinski definition) is 3. The standard InChI is InChI=1S/C15H12F5N3O3/c16-12(17)7-11(14(25)26)21-13(24)10-4-5-23(22-10)9-3-1-2-8(6-9)15(18,19)20/h1-6,11-12H,7H2,(H,21,24)(H,25,26). The first-order chi connectivity index (χ1) is 12.1. The first kappa shape index (κ1) is 19.3. The average Bonchev–Trinajstić information content (AvgIpc) is 3.03. The number of halogens is 5. The van der Waals surface area contributed by atoms with Crippen molar-refractivity contribution in [2.75, 3.05) is 0 Å². The van der Waals surface area contributed by atoms with Crippen LogP contribution in [-0.4, -0.2) is 39.2 Å². The van der Waals surface area contributed by atoms with Gasteiger partial charge in [-0.2, -0.15) is 18.3 Å². The van der Waals surface area contributed by atoms with Gasteiger partial charge in [-0.05, 0) is 24.3 Å². The lowest BCUT2D eigenvalue weighted by Gasteiger charge is -2.12. The Morgan fingerprint density at radius 3 is 2.50 bits per heavy atom. The van der Waals surface area contributed by atoms with E-state index in [9.17, 15) is 31.5 Å². The molecule has 0 aliphatic heterocycles. The molecule has 26 heavy (non-hydrogen) atoms. The Labute approximate surface area is 143 Å². The molecule has 11 heteroatoms. The van der Waals surface area contributed by atoms with Gasteiger partial charge in [-0.3, -0.25) is 4.79 Å². The molecule has 0 spiro atoms. The molecule has 0 saturated heterocycles. The van der Waals surface area contributed by atoms with Gasteiger partial charge in [0.15, 0.2) is 5.69 Å². The van der Waals surface area contributed by atoms with E-state index in [-0.39, 0.29) is 11.4 Å². The van der Waals surface area contributed by atoms with Gasteiger partial charge in [0.25, 0.3) is 5.91 Å². The molecule has 1 atom stereocenters. The minimum absolute atomic E-state index is 0.0150. The van der Waals surface area contributed by atoms with Crippen molar-refractivity contribution in [3.63, 3.8) is 0 Å². The van der Waals surface area contributed by atoms with E-state index in [0.29, 0.717) is 0 Å². The number of carbonyl (C=O) groups is 2. The molecule has 2 rings (SSSR count). The number of rotatable bonds is 6. The highest BCUT2D eigenvalue weighted by molar-refractivity contribution is 5.94. The lowest BCUT2D eigenvalue weighted by molar-refractivity contribution is -0.140. The molecule has 1 aromatic carbocycles. The molecule has 0 fully saturated rings. The second-order valence-electron chi connectivity index (χ2n) is 5.18. The molecule has 6 nitrogen and oxygen atoms in total. The number of carboxylic acid groups (broad SMARTS) is 1. The van der Waals surface area contributed by atoms with Crippen molar-refractivity contribution in [1.82, 2.24) is 15.1 Å². The number of aromatic nitrogens is 2. The largest absolute Gasteiger partial charge is 0.480 e. The number of carbonyl (C=O) groups excluding carboxylic acids is 1. The summed E-state index contributed by atoms with van der Waals surface area (Å²) in [7, 11) is 0. The van der Waals surface area contributed by atoms with Gasteiger partial charge in [-0.15, -0.1) is 0 Å². The fourth-order valence-electron chi connectivity index (χ4n) is 2.05. The van der Waals surface area contributed by atoms with Gasteiger partial charge in [0.05, 0.1) is 11.3 Å². The van der Waals surface area contributed by atoms with Gasteiger partial charge in [0, 0.05) is 12.6 Å². The summed E-state index contributed by atoms with van der Waals surface area (Å²) in [6.45, 7) is 0. The summed E-state index contributed by atoms with van der Waals surface area (Å²) < 4.78 is 63.8. The van der Waals surface area contributed by atoms with Crippen LogP contribution in [-0.2, 0) is 11.0 Å². The number of alkyl halides is 5. The summed E-state index contributed by atoms with van der Waals surface area (Å²) >= 11 is 0. The Balaban J connectivity index is 2.19. The van der Waals surface area contributed by atoms with E-state index in [1.54, 1.807) is 0 Å². The SMILES string of the molecule is O=C(NC(CC(F)F)C(=O)O)c1ccn(-c2cccc(C(F)(F)F)c2)n1. The number of nitrogens with zero attached hydrogens (tertiary/aromatic N) is 2. The van der Waals surface area contributed by atoms with Crippen LogP contribution in [0, 0.1) is 0 Å². The van der Waals surface area contributed by atoms with E-state index >= 15 is 0 Å². The lowest BCUT2D eigenvalue weighted by Crippen LogP contribution is -2.42. The summed E-state index contributed by atoms with van der Waals surface area (Å²) in [5, 5.41) is 14.5. The Kier molecular flexibility index (Phi) is 5.58. The molecular weight excluding hydrogens is 365 g/mol.